The van der Waals surface area contributed by atoms with Crippen LogP contribution in [0.15, 0.2) is 23.8 Å². The zero-order valence-electron chi connectivity index (χ0n) is 17.6. The van der Waals surface area contributed by atoms with E-state index in [2.05, 4.69) is 17.9 Å². The highest BCUT2D eigenvalue weighted by Crippen LogP contribution is 2.50. The van der Waals surface area contributed by atoms with Crippen LogP contribution < -0.4 is 0 Å². The maximum Gasteiger partial charge on any atom is 0.248 e. The fourth-order valence-corrected chi connectivity index (χ4v) is 4.21. The molecule has 2 N–H and O–H groups in total. The molecule has 5 nitrogen and oxygen atoms in total. The molecule has 0 aliphatic heterocycles. The van der Waals surface area contributed by atoms with E-state index in [-0.39, 0.29) is 30.5 Å². The Morgan fingerprint density at radius 3 is 2.82 bits per heavy atom. The Morgan fingerprint density at radius 2 is 2.14 bits per heavy atom. The van der Waals surface area contributed by atoms with Crippen molar-refractivity contribution in [2.45, 2.75) is 51.7 Å². The van der Waals surface area contributed by atoms with E-state index in [4.69, 9.17) is 4.74 Å². The van der Waals surface area contributed by atoms with Crippen molar-refractivity contribution < 1.29 is 19.7 Å². The third kappa shape index (κ3) is 6.20. The average Bonchev–Trinajstić information content (AvgIpc) is 3.17. The molecule has 0 bridgehead atoms. The molecule has 2 aliphatic carbocycles. The first-order valence-corrected chi connectivity index (χ1v) is 10.2. The fraction of sp³-hybridized carbons (Fsp3) is 0.696. The number of hydrogen-bond donors (Lipinski definition) is 2. The van der Waals surface area contributed by atoms with Crippen LogP contribution in [-0.4, -0.2) is 60.5 Å². The van der Waals surface area contributed by atoms with E-state index in [9.17, 15) is 15.0 Å². The Bertz CT molecular complexity index is 643. The van der Waals surface area contributed by atoms with E-state index in [1.54, 1.807) is 21.0 Å². The van der Waals surface area contributed by atoms with E-state index in [1.165, 1.54) is 10.5 Å². The van der Waals surface area contributed by atoms with Crippen LogP contribution in [0.25, 0.3) is 0 Å². The number of ether oxygens (including phenoxy) is 1. The molecule has 2 rings (SSSR count). The molecule has 0 unspecified atom stereocenters. The van der Waals surface area contributed by atoms with E-state index in [0.29, 0.717) is 24.9 Å². The molecule has 0 aromatic carbocycles. The van der Waals surface area contributed by atoms with Gasteiger partial charge in [0, 0.05) is 26.4 Å². The summed E-state index contributed by atoms with van der Waals surface area (Å²) in [6.07, 6.45) is 8.51. The summed E-state index contributed by atoms with van der Waals surface area (Å²) in [5.74, 6) is 6.91. The summed E-state index contributed by atoms with van der Waals surface area (Å²) in [4.78, 5) is 13.1. The number of fused-ring (bicyclic) bond motifs is 1. The molecule has 0 aromatic rings. The number of likely N-dealkylation sites (N-methyl/N-ethyl adjacent to an activating group) is 1. The van der Waals surface area contributed by atoms with E-state index in [1.807, 2.05) is 19.1 Å². The Labute approximate surface area is 169 Å². The van der Waals surface area contributed by atoms with Crippen LogP contribution >= 0.6 is 0 Å². The van der Waals surface area contributed by atoms with Gasteiger partial charge in [-0.25, -0.2) is 0 Å². The quantitative estimate of drug-likeness (QED) is 0.380. The molecule has 0 radical (unpaired) electrons. The number of carbonyl (C=O) groups excluding carboxylic acids is 1. The molecule has 2 aliphatic rings. The minimum absolute atomic E-state index is 0.0345. The Hall–Kier alpha value is -1.61. The van der Waals surface area contributed by atoms with Gasteiger partial charge in [-0.2, -0.15) is 0 Å². The van der Waals surface area contributed by atoms with Gasteiger partial charge in [-0.15, -0.1) is 11.8 Å². The molecule has 5 heteroatoms. The van der Waals surface area contributed by atoms with Gasteiger partial charge in [0.05, 0.1) is 18.8 Å². The lowest BCUT2D eigenvalue weighted by Crippen LogP contribution is -2.26. The van der Waals surface area contributed by atoms with Gasteiger partial charge in [0.25, 0.3) is 0 Å². The molecular formula is C23H35NO4. The molecule has 0 saturated heterocycles. The summed E-state index contributed by atoms with van der Waals surface area (Å²) in [5.41, 5.74) is 1.35. The van der Waals surface area contributed by atoms with Crippen molar-refractivity contribution in [2.75, 3.05) is 27.3 Å². The number of rotatable bonds is 8. The average molecular weight is 390 g/mol. The number of aliphatic hydroxyl groups is 2. The normalized spacial score (nSPS) is 30.1. The predicted octanol–water partition coefficient (Wildman–Crippen LogP) is 2.39. The van der Waals surface area contributed by atoms with Crippen LogP contribution in [0, 0.1) is 35.5 Å². The first-order valence-electron chi connectivity index (χ1n) is 10.2. The predicted molar refractivity (Wildman–Crippen MR) is 110 cm³/mol. The van der Waals surface area contributed by atoms with Crippen LogP contribution in [0.3, 0.4) is 0 Å². The van der Waals surface area contributed by atoms with E-state index < -0.39 is 6.10 Å². The zero-order chi connectivity index (χ0) is 20.7. The zero-order valence-corrected chi connectivity index (χ0v) is 17.6. The first-order chi connectivity index (χ1) is 13.3. The van der Waals surface area contributed by atoms with Crippen molar-refractivity contribution >= 4 is 5.91 Å². The van der Waals surface area contributed by atoms with Crippen molar-refractivity contribution in [2.24, 2.45) is 23.7 Å². The highest BCUT2D eigenvalue weighted by atomic mass is 16.5. The van der Waals surface area contributed by atoms with Crippen molar-refractivity contribution in [3.05, 3.63) is 23.8 Å². The van der Waals surface area contributed by atoms with Gasteiger partial charge in [-0.05, 0) is 43.9 Å². The maximum atomic E-state index is 11.5. The first kappa shape index (κ1) is 22.7. The van der Waals surface area contributed by atoms with Crippen LogP contribution in [0.4, 0.5) is 0 Å². The van der Waals surface area contributed by atoms with Crippen molar-refractivity contribution in [1.29, 1.82) is 0 Å². The molecule has 0 spiro atoms. The van der Waals surface area contributed by atoms with Crippen molar-refractivity contribution in [3.8, 4) is 11.8 Å². The standard InChI is InChI=1S/C23H35NO4/c1-5-6-7-16(2)21(25)9-8-19-20-13-17(12-18(20)14-22(19)26)10-11-28-15-23(27)24(3)4/h8-10,16,18-22,25-26H,7,11-15H2,1-4H3/b9-8+,17-10?/t16-,18-,19+,20-,21-,22+/m0/s1. The molecule has 6 atom stereocenters. The van der Waals surface area contributed by atoms with Crippen LogP contribution in [0.2, 0.25) is 0 Å². The molecule has 156 valence electrons. The minimum Gasteiger partial charge on any atom is -0.392 e. The molecule has 1 amide bonds. The van der Waals surface area contributed by atoms with Crippen LogP contribution in [-0.2, 0) is 9.53 Å². The van der Waals surface area contributed by atoms with Gasteiger partial charge < -0.3 is 19.8 Å². The summed E-state index contributed by atoms with van der Waals surface area (Å²) >= 11 is 0. The van der Waals surface area contributed by atoms with Crippen molar-refractivity contribution in [3.63, 3.8) is 0 Å². The Balaban J connectivity index is 1.86. The number of carbonyl (C=O) groups is 1. The Morgan fingerprint density at radius 1 is 1.39 bits per heavy atom. The lowest BCUT2D eigenvalue weighted by atomic mass is 9.89. The second-order valence-corrected chi connectivity index (χ2v) is 8.36. The molecule has 0 aromatic heterocycles. The number of allylic oxidation sites excluding steroid dienone is 1. The number of hydrogen-bond acceptors (Lipinski definition) is 4. The summed E-state index contributed by atoms with van der Waals surface area (Å²) < 4.78 is 5.45. The molecule has 2 fully saturated rings. The van der Waals surface area contributed by atoms with Crippen molar-refractivity contribution in [1.82, 2.24) is 4.90 Å². The van der Waals surface area contributed by atoms with Gasteiger partial charge >= 0.3 is 0 Å². The molecule has 28 heavy (non-hydrogen) atoms. The summed E-state index contributed by atoms with van der Waals surface area (Å²) in [6, 6.07) is 0. The maximum absolute atomic E-state index is 11.5. The lowest BCUT2D eigenvalue weighted by Gasteiger charge is -2.19. The fourth-order valence-electron chi connectivity index (χ4n) is 4.21. The smallest absolute Gasteiger partial charge is 0.248 e. The topological polar surface area (TPSA) is 70.0 Å². The highest BCUT2D eigenvalue weighted by Gasteiger charge is 2.45. The Kier molecular flexibility index (Phi) is 8.75. The summed E-state index contributed by atoms with van der Waals surface area (Å²) in [5, 5.41) is 20.8. The summed E-state index contributed by atoms with van der Waals surface area (Å²) in [6.45, 7) is 4.35. The SMILES string of the molecule is CC#CC[C@H](C)[C@@H](O)/C=C/[C@@H]1[C@H]2CC(=CCOCC(=O)N(C)C)C[C@H]2C[C@H]1O. The molecule has 0 heterocycles. The molecule has 2 saturated carbocycles. The minimum atomic E-state index is -0.536. The highest BCUT2D eigenvalue weighted by molar-refractivity contribution is 5.76. The third-order valence-electron chi connectivity index (χ3n) is 6.04. The van der Waals surface area contributed by atoms with E-state index >= 15 is 0 Å². The monoisotopic (exact) mass is 389 g/mol. The van der Waals surface area contributed by atoms with Crippen LogP contribution in [0.1, 0.15) is 39.5 Å². The number of amides is 1. The van der Waals surface area contributed by atoms with Gasteiger partial charge in [-0.1, -0.05) is 30.7 Å². The van der Waals surface area contributed by atoms with Gasteiger partial charge in [0.1, 0.15) is 6.61 Å². The third-order valence-corrected chi connectivity index (χ3v) is 6.04. The number of nitrogens with zero attached hydrogens (tertiary/aromatic N) is 1. The second-order valence-electron chi connectivity index (χ2n) is 8.36. The summed E-state index contributed by atoms with van der Waals surface area (Å²) in [7, 11) is 3.44. The molecular weight excluding hydrogens is 354 g/mol. The van der Waals surface area contributed by atoms with Gasteiger partial charge in [-0.3, -0.25) is 4.79 Å². The second kappa shape index (κ2) is 10.8. The largest absolute Gasteiger partial charge is 0.392 e. The van der Waals surface area contributed by atoms with Gasteiger partial charge in [0.2, 0.25) is 5.91 Å². The lowest BCUT2D eigenvalue weighted by molar-refractivity contribution is -0.133. The van der Waals surface area contributed by atoms with E-state index in [0.717, 1.165) is 19.3 Å². The van der Waals surface area contributed by atoms with Crippen LogP contribution in [0.5, 0.6) is 0 Å². The van der Waals surface area contributed by atoms with Gasteiger partial charge in [0.15, 0.2) is 0 Å². The number of aliphatic hydroxyl groups excluding tert-OH is 2.